The Bertz CT molecular complexity index is 450. The normalized spacial score (nSPS) is 22.7. The molecule has 21 heavy (non-hydrogen) atoms. The maximum absolute atomic E-state index is 12.4. The van der Waals surface area contributed by atoms with Crippen LogP contribution in [-0.2, 0) is 19.1 Å². The zero-order valence-corrected chi connectivity index (χ0v) is 12.9. The molecule has 0 saturated carbocycles. The van der Waals surface area contributed by atoms with Crippen molar-refractivity contribution in [3.63, 3.8) is 0 Å². The molecule has 0 N–H and O–H groups in total. The third-order valence-electron chi connectivity index (χ3n) is 4.05. The van der Waals surface area contributed by atoms with E-state index in [2.05, 4.69) is 0 Å². The summed E-state index contributed by atoms with van der Waals surface area (Å²) in [5.41, 5.74) is -0.381. The fraction of sp³-hybridized carbons (Fsp3) is 0.786. The zero-order chi connectivity index (χ0) is 15.6. The lowest BCUT2D eigenvalue weighted by Crippen LogP contribution is -2.60. The largest absolute Gasteiger partial charge is 0.377 e. The number of piperazine rings is 1. The van der Waals surface area contributed by atoms with Gasteiger partial charge in [0.05, 0.1) is 18.8 Å². The summed E-state index contributed by atoms with van der Waals surface area (Å²) >= 11 is 0. The fourth-order valence-electron chi connectivity index (χ4n) is 2.74. The summed E-state index contributed by atoms with van der Waals surface area (Å²) in [5.74, 6) is -1.23. The standard InChI is InChI=1S/C14H23N3O4/c1-4-15-5-6-16(13(20)12(15)19)9-11(18)17-7-8-21-10-14(17,2)3/h4-10H2,1-3H3. The highest BCUT2D eigenvalue weighted by atomic mass is 16.5. The minimum Gasteiger partial charge on any atom is -0.377 e. The first kappa shape index (κ1) is 15.8. The number of carbonyl (C=O) groups is 3. The van der Waals surface area contributed by atoms with Gasteiger partial charge in [-0.15, -0.1) is 0 Å². The van der Waals surface area contributed by atoms with Gasteiger partial charge in [0.25, 0.3) is 0 Å². The van der Waals surface area contributed by atoms with Crippen molar-refractivity contribution >= 4 is 17.7 Å². The van der Waals surface area contributed by atoms with E-state index < -0.39 is 11.8 Å². The average molecular weight is 297 g/mol. The number of rotatable bonds is 3. The molecule has 2 fully saturated rings. The molecule has 2 aliphatic rings. The van der Waals surface area contributed by atoms with Crippen LogP contribution in [0.5, 0.6) is 0 Å². The van der Waals surface area contributed by atoms with E-state index >= 15 is 0 Å². The number of likely N-dealkylation sites (N-methyl/N-ethyl adjacent to an activating group) is 1. The minimum absolute atomic E-state index is 0.0362. The van der Waals surface area contributed by atoms with Crippen molar-refractivity contribution in [2.75, 3.05) is 45.9 Å². The first-order valence-electron chi connectivity index (χ1n) is 7.33. The highest BCUT2D eigenvalue weighted by Crippen LogP contribution is 2.19. The summed E-state index contributed by atoms with van der Waals surface area (Å²) in [4.78, 5) is 40.9. The summed E-state index contributed by atoms with van der Waals surface area (Å²) in [6.07, 6.45) is 0. The van der Waals surface area contributed by atoms with Crippen molar-refractivity contribution in [3.05, 3.63) is 0 Å². The molecule has 0 radical (unpaired) electrons. The van der Waals surface area contributed by atoms with Crippen LogP contribution >= 0.6 is 0 Å². The zero-order valence-electron chi connectivity index (χ0n) is 12.9. The molecular formula is C14H23N3O4. The summed E-state index contributed by atoms with van der Waals surface area (Å²) in [6, 6.07) is 0. The fourth-order valence-corrected chi connectivity index (χ4v) is 2.74. The molecule has 7 nitrogen and oxygen atoms in total. The lowest BCUT2D eigenvalue weighted by atomic mass is 10.0. The Kier molecular flexibility index (Phi) is 4.51. The van der Waals surface area contributed by atoms with Gasteiger partial charge in [0.1, 0.15) is 6.54 Å². The second kappa shape index (κ2) is 6.01. The number of hydrogen-bond donors (Lipinski definition) is 0. The Morgan fingerprint density at radius 2 is 1.76 bits per heavy atom. The Morgan fingerprint density at radius 1 is 1.14 bits per heavy atom. The van der Waals surface area contributed by atoms with Gasteiger partial charge in [-0.1, -0.05) is 0 Å². The van der Waals surface area contributed by atoms with Gasteiger partial charge in [-0.2, -0.15) is 0 Å². The molecule has 3 amide bonds. The highest BCUT2D eigenvalue weighted by Gasteiger charge is 2.37. The van der Waals surface area contributed by atoms with E-state index in [1.54, 1.807) is 4.90 Å². The van der Waals surface area contributed by atoms with E-state index in [1.807, 2.05) is 20.8 Å². The van der Waals surface area contributed by atoms with Gasteiger partial charge in [0, 0.05) is 26.2 Å². The lowest BCUT2D eigenvalue weighted by Gasteiger charge is -2.43. The van der Waals surface area contributed by atoms with Crippen molar-refractivity contribution in [2.24, 2.45) is 0 Å². The molecular weight excluding hydrogens is 274 g/mol. The van der Waals surface area contributed by atoms with E-state index in [4.69, 9.17) is 4.74 Å². The highest BCUT2D eigenvalue weighted by molar-refractivity contribution is 6.35. The third-order valence-corrected chi connectivity index (χ3v) is 4.05. The van der Waals surface area contributed by atoms with Gasteiger partial charge >= 0.3 is 11.8 Å². The van der Waals surface area contributed by atoms with Crippen LogP contribution in [0.25, 0.3) is 0 Å². The topological polar surface area (TPSA) is 70.2 Å². The van der Waals surface area contributed by atoms with E-state index in [0.29, 0.717) is 39.4 Å². The molecule has 0 aliphatic carbocycles. The molecule has 118 valence electrons. The number of hydrogen-bond acceptors (Lipinski definition) is 4. The van der Waals surface area contributed by atoms with Gasteiger partial charge < -0.3 is 19.4 Å². The summed E-state index contributed by atoms with van der Waals surface area (Å²) in [6.45, 7) is 8.59. The van der Waals surface area contributed by atoms with Crippen LogP contribution in [0.4, 0.5) is 0 Å². The monoisotopic (exact) mass is 297 g/mol. The van der Waals surface area contributed by atoms with Gasteiger partial charge in [-0.25, -0.2) is 0 Å². The molecule has 2 aliphatic heterocycles. The van der Waals surface area contributed by atoms with Crippen LogP contribution in [0.1, 0.15) is 20.8 Å². The predicted octanol–water partition coefficient (Wildman–Crippen LogP) is -0.685. The Morgan fingerprint density at radius 3 is 2.38 bits per heavy atom. The molecule has 0 aromatic carbocycles. The summed E-state index contributed by atoms with van der Waals surface area (Å²) in [5, 5.41) is 0. The maximum atomic E-state index is 12.4. The van der Waals surface area contributed by atoms with Crippen LogP contribution in [0.2, 0.25) is 0 Å². The third kappa shape index (κ3) is 3.18. The molecule has 7 heteroatoms. The number of morpholine rings is 1. The number of ether oxygens (including phenoxy) is 1. The van der Waals surface area contributed by atoms with Crippen molar-refractivity contribution in [3.8, 4) is 0 Å². The maximum Gasteiger partial charge on any atom is 0.312 e. The molecule has 0 unspecified atom stereocenters. The van der Waals surface area contributed by atoms with Crippen molar-refractivity contribution < 1.29 is 19.1 Å². The van der Waals surface area contributed by atoms with Gasteiger partial charge in [-0.3, -0.25) is 14.4 Å². The smallest absolute Gasteiger partial charge is 0.312 e. The minimum atomic E-state index is -0.581. The van der Waals surface area contributed by atoms with E-state index in [9.17, 15) is 14.4 Å². The average Bonchev–Trinajstić information content (AvgIpc) is 2.43. The number of carbonyl (C=O) groups excluding carboxylic acids is 3. The Labute approximate surface area is 124 Å². The number of nitrogens with zero attached hydrogens (tertiary/aromatic N) is 3. The summed E-state index contributed by atoms with van der Waals surface area (Å²) < 4.78 is 5.39. The molecule has 0 atom stereocenters. The Balaban J connectivity index is 2.00. The van der Waals surface area contributed by atoms with Crippen LogP contribution in [0.15, 0.2) is 0 Å². The lowest BCUT2D eigenvalue weighted by molar-refractivity contribution is -0.160. The molecule has 2 heterocycles. The van der Waals surface area contributed by atoms with Crippen LogP contribution < -0.4 is 0 Å². The van der Waals surface area contributed by atoms with Crippen molar-refractivity contribution in [1.29, 1.82) is 0 Å². The van der Waals surface area contributed by atoms with Gasteiger partial charge in [-0.05, 0) is 20.8 Å². The van der Waals surface area contributed by atoms with E-state index in [-0.39, 0.29) is 18.0 Å². The Hall–Kier alpha value is -1.63. The second-order valence-corrected chi connectivity index (χ2v) is 6.02. The molecule has 0 aromatic rings. The van der Waals surface area contributed by atoms with E-state index in [1.165, 1.54) is 9.80 Å². The van der Waals surface area contributed by atoms with E-state index in [0.717, 1.165) is 0 Å². The second-order valence-electron chi connectivity index (χ2n) is 6.02. The quantitative estimate of drug-likeness (QED) is 0.647. The van der Waals surface area contributed by atoms with Crippen LogP contribution in [0, 0.1) is 0 Å². The van der Waals surface area contributed by atoms with Crippen LogP contribution in [-0.4, -0.2) is 83.9 Å². The predicted molar refractivity (Wildman–Crippen MR) is 75.4 cm³/mol. The van der Waals surface area contributed by atoms with Gasteiger partial charge in [0.2, 0.25) is 5.91 Å². The SMILES string of the molecule is CCN1CCN(CC(=O)N2CCOCC2(C)C)C(=O)C1=O. The van der Waals surface area contributed by atoms with Gasteiger partial charge in [0.15, 0.2) is 0 Å². The molecule has 0 spiro atoms. The molecule has 0 bridgehead atoms. The van der Waals surface area contributed by atoms with Crippen molar-refractivity contribution in [1.82, 2.24) is 14.7 Å². The first-order valence-corrected chi connectivity index (χ1v) is 7.33. The molecule has 2 saturated heterocycles. The van der Waals surface area contributed by atoms with Crippen molar-refractivity contribution in [2.45, 2.75) is 26.3 Å². The molecule has 2 rings (SSSR count). The molecule has 0 aromatic heterocycles. The summed E-state index contributed by atoms with van der Waals surface area (Å²) in [7, 11) is 0. The first-order chi connectivity index (χ1) is 9.86. The number of amides is 3. The van der Waals surface area contributed by atoms with Crippen LogP contribution in [0.3, 0.4) is 0 Å².